The molecule has 1 heterocycles. The van der Waals surface area contributed by atoms with Gasteiger partial charge in [0.2, 0.25) is 0 Å². The molecule has 2 rings (SSSR count). The van der Waals surface area contributed by atoms with E-state index in [1.54, 1.807) is 6.26 Å². The number of rotatable bonds is 6. The predicted octanol–water partition coefficient (Wildman–Crippen LogP) is 3.85. The van der Waals surface area contributed by atoms with Gasteiger partial charge >= 0.3 is 0 Å². The average Bonchev–Trinajstić information content (AvgIpc) is 2.90. The molecule has 0 unspecified atom stereocenters. The van der Waals surface area contributed by atoms with Crippen molar-refractivity contribution in [3.05, 3.63) is 47.9 Å². The lowest BCUT2D eigenvalue weighted by atomic mass is 10.1. The molecule has 0 saturated heterocycles. The Labute approximate surface area is 108 Å². The van der Waals surface area contributed by atoms with Gasteiger partial charge in [-0.1, -0.05) is 25.5 Å². The topological polar surface area (TPSA) is 34.4 Å². The molecule has 0 saturated carbocycles. The summed E-state index contributed by atoms with van der Waals surface area (Å²) in [5.74, 6) is 1.77. The second kappa shape index (κ2) is 6.15. The van der Waals surface area contributed by atoms with Crippen molar-refractivity contribution >= 4 is 5.69 Å². The van der Waals surface area contributed by atoms with Gasteiger partial charge in [0, 0.05) is 7.05 Å². The number of aryl methyl sites for hydroxylation is 1. The van der Waals surface area contributed by atoms with E-state index in [2.05, 4.69) is 24.4 Å². The van der Waals surface area contributed by atoms with Crippen molar-refractivity contribution in [2.75, 3.05) is 12.4 Å². The molecule has 0 amide bonds. The number of benzene rings is 1. The quantitative estimate of drug-likeness (QED) is 0.839. The van der Waals surface area contributed by atoms with E-state index in [0.29, 0.717) is 6.61 Å². The van der Waals surface area contributed by atoms with Crippen LogP contribution in [0.4, 0.5) is 5.69 Å². The number of hydrogen-bond acceptors (Lipinski definition) is 3. The van der Waals surface area contributed by atoms with Crippen LogP contribution in [-0.4, -0.2) is 7.05 Å². The van der Waals surface area contributed by atoms with Crippen LogP contribution in [0, 0.1) is 0 Å². The van der Waals surface area contributed by atoms with E-state index in [1.165, 1.54) is 5.56 Å². The van der Waals surface area contributed by atoms with Crippen LogP contribution in [0.5, 0.6) is 5.75 Å². The lowest BCUT2D eigenvalue weighted by molar-refractivity contribution is 0.269. The van der Waals surface area contributed by atoms with Crippen molar-refractivity contribution in [1.82, 2.24) is 0 Å². The molecule has 0 aliphatic carbocycles. The molecule has 3 heteroatoms. The molecule has 1 aromatic carbocycles. The largest absolute Gasteiger partial charge is 0.483 e. The van der Waals surface area contributed by atoms with Crippen molar-refractivity contribution in [1.29, 1.82) is 0 Å². The maximum absolute atomic E-state index is 5.90. The Hall–Kier alpha value is -1.90. The lowest BCUT2D eigenvalue weighted by Gasteiger charge is -2.14. The molecular formula is C15H19NO2. The van der Waals surface area contributed by atoms with Gasteiger partial charge < -0.3 is 14.5 Å². The maximum Gasteiger partial charge on any atom is 0.146 e. The van der Waals surface area contributed by atoms with Gasteiger partial charge in [-0.15, -0.1) is 0 Å². The normalized spacial score (nSPS) is 10.3. The van der Waals surface area contributed by atoms with E-state index in [4.69, 9.17) is 9.15 Å². The molecule has 18 heavy (non-hydrogen) atoms. The van der Waals surface area contributed by atoms with Crippen molar-refractivity contribution in [3.8, 4) is 5.75 Å². The molecule has 96 valence electrons. The van der Waals surface area contributed by atoms with E-state index in [9.17, 15) is 0 Å². The summed E-state index contributed by atoms with van der Waals surface area (Å²) in [6, 6.07) is 9.98. The van der Waals surface area contributed by atoms with Crippen molar-refractivity contribution < 1.29 is 9.15 Å². The van der Waals surface area contributed by atoms with Crippen LogP contribution in [0.15, 0.2) is 41.0 Å². The lowest BCUT2D eigenvalue weighted by Crippen LogP contribution is -2.02. The highest BCUT2D eigenvalue weighted by Gasteiger charge is 2.09. The first-order chi connectivity index (χ1) is 8.85. The highest BCUT2D eigenvalue weighted by molar-refractivity contribution is 5.59. The molecule has 2 aromatic rings. The van der Waals surface area contributed by atoms with Gasteiger partial charge in [-0.05, 0) is 30.2 Å². The molecule has 1 N–H and O–H groups in total. The highest BCUT2D eigenvalue weighted by atomic mass is 16.5. The van der Waals surface area contributed by atoms with Crippen LogP contribution in [0.25, 0.3) is 0 Å². The summed E-state index contributed by atoms with van der Waals surface area (Å²) in [5, 5.41) is 3.17. The third kappa shape index (κ3) is 2.86. The molecule has 1 aromatic heterocycles. The van der Waals surface area contributed by atoms with E-state index in [1.807, 2.05) is 25.2 Å². The zero-order chi connectivity index (χ0) is 12.8. The molecule has 0 fully saturated rings. The number of anilines is 1. The second-order valence-electron chi connectivity index (χ2n) is 4.16. The number of hydrogen-bond donors (Lipinski definition) is 1. The number of furan rings is 1. The van der Waals surface area contributed by atoms with Gasteiger partial charge in [-0.25, -0.2) is 0 Å². The minimum atomic E-state index is 0.461. The van der Waals surface area contributed by atoms with Crippen LogP contribution in [-0.2, 0) is 13.0 Å². The third-order valence-electron chi connectivity index (χ3n) is 2.82. The summed E-state index contributed by atoms with van der Waals surface area (Å²) in [6.45, 7) is 2.63. The van der Waals surface area contributed by atoms with Crippen molar-refractivity contribution in [3.63, 3.8) is 0 Å². The predicted molar refractivity (Wildman–Crippen MR) is 73.0 cm³/mol. The summed E-state index contributed by atoms with van der Waals surface area (Å²) in [7, 11) is 1.91. The first-order valence-corrected chi connectivity index (χ1v) is 6.30. The Balaban J connectivity index is 2.18. The SMILES string of the molecule is CCCc1cccc(NC)c1OCc1ccco1. The molecule has 0 radical (unpaired) electrons. The Kier molecular flexibility index (Phi) is 4.29. The smallest absolute Gasteiger partial charge is 0.146 e. The molecular weight excluding hydrogens is 226 g/mol. The monoisotopic (exact) mass is 245 g/mol. The zero-order valence-electron chi connectivity index (χ0n) is 10.9. The Bertz CT molecular complexity index is 477. The van der Waals surface area contributed by atoms with E-state index in [0.717, 1.165) is 30.0 Å². The fraction of sp³-hybridized carbons (Fsp3) is 0.333. The Morgan fingerprint density at radius 3 is 2.78 bits per heavy atom. The second-order valence-corrected chi connectivity index (χ2v) is 4.16. The molecule has 0 bridgehead atoms. The minimum absolute atomic E-state index is 0.461. The molecule has 0 aliphatic rings. The third-order valence-corrected chi connectivity index (χ3v) is 2.82. The van der Waals surface area contributed by atoms with E-state index in [-0.39, 0.29) is 0 Å². The Morgan fingerprint density at radius 1 is 1.22 bits per heavy atom. The summed E-state index contributed by atoms with van der Waals surface area (Å²) in [5.41, 5.74) is 2.25. The first kappa shape index (κ1) is 12.6. The van der Waals surface area contributed by atoms with Gasteiger partial charge in [0.15, 0.2) is 0 Å². The van der Waals surface area contributed by atoms with Crippen LogP contribution in [0.2, 0.25) is 0 Å². The van der Waals surface area contributed by atoms with Crippen LogP contribution < -0.4 is 10.1 Å². The summed E-state index contributed by atoms with van der Waals surface area (Å²) >= 11 is 0. The molecule has 0 atom stereocenters. The minimum Gasteiger partial charge on any atom is -0.483 e. The zero-order valence-corrected chi connectivity index (χ0v) is 10.9. The van der Waals surface area contributed by atoms with Crippen molar-refractivity contribution in [2.24, 2.45) is 0 Å². The van der Waals surface area contributed by atoms with E-state index < -0.39 is 0 Å². The maximum atomic E-state index is 5.90. The molecule has 0 aliphatic heterocycles. The van der Waals surface area contributed by atoms with Gasteiger partial charge in [-0.3, -0.25) is 0 Å². The number of ether oxygens (including phenoxy) is 1. The van der Waals surface area contributed by atoms with E-state index >= 15 is 0 Å². The Morgan fingerprint density at radius 2 is 2.11 bits per heavy atom. The van der Waals surface area contributed by atoms with Crippen molar-refractivity contribution in [2.45, 2.75) is 26.4 Å². The van der Waals surface area contributed by atoms with Crippen LogP contribution in [0.1, 0.15) is 24.7 Å². The number of para-hydroxylation sites is 1. The highest BCUT2D eigenvalue weighted by Crippen LogP contribution is 2.30. The molecule has 3 nitrogen and oxygen atoms in total. The first-order valence-electron chi connectivity index (χ1n) is 6.30. The summed E-state index contributed by atoms with van der Waals surface area (Å²) in [6.07, 6.45) is 3.78. The summed E-state index contributed by atoms with van der Waals surface area (Å²) in [4.78, 5) is 0. The number of nitrogens with one attached hydrogen (secondary N) is 1. The standard InChI is InChI=1S/C15H19NO2/c1-3-6-12-7-4-9-14(16-2)15(12)18-11-13-8-5-10-17-13/h4-5,7-10,16H,3,6,11H2,1-2H3. The fourth-order valence-corrected chi connectivity index (χ4v) is 1.96. The van der Waals surface area contributed by atoms with Crippen LogP contribution in [0.3, 0.4) is 0 Å². The summed E-state index contributed by atoms with van der Waals surface area (Å²) < 4.78 is 11.2. The van der Waals surface area contributed by atoms with Gasteiger partial charge in [-0.2, -0.15) is 0 Å². The van der Waals surface area contributed by atoms with Gasteiger partial charge in [0.05, 0.1) is 12.0 Å². The van der Waals surface area contributed by atoms with Gasteiger partial charge in [0.1, 0.15) is 18.1 Å². The van der Waals surface area contributed by atoms with Crippen LogP contribution >= 0.6 is 0 Å². The molecule has 0 spiro atoms. The fourth-order valence-electron chi connectivity index (χ4n) is 1.96. The average molecular weight is 245 g/mol. The van der Waals surface area contributed by atoms with Gasteiger partial charge in [0.25, 0.3) is 0 Å².